The van der Waals surface area contributed by atoms with Crippen molar-refractivity contribution < 1.29 is 4.74 Å². The van der Waals surface area contributed by atoms with Crippen molar-refractivity contribution in [2.24, 2.45) is 5.92 Å². The predicted octanol–water partition coefficient (Wildman–Crippen LogP) is 2.25. The second-order valence-corrected chi connectivity index (χ2v) is 8.73. The number of rotatable bonds is 4. The Kier molecular flexibility index (Phi) is 5.12. The van der Waals surface area contributed by atoms with E-state index in [-0.39, 0.29) is 17.4 Å². The van der Waals surface area contributed by atoms with E-state index in [1.54, 1.807) is 10.7 Å². The average molecular weight is 409 g/mol. The fourth-order valence-electron chi connectivity index (χ4n) is 4.74. The number of hydrogen-bond acceptors (Lipinski definition) is 6. The second kappa shape index (κ2) is 7.92. The molecule has 0 radical (unpaired) electrons. The minimum absolute atomic E-state index is 0.112. The summed E-state index contributed by atoms with van der Waals surface area (Å²) in [6, 6.07) is 4.19. The van der Waals surface area contributed by atoms with E-state index in [2.05, 4.69) is 38.9 Å². The first-order chi connectivity index (χ1) is 14.6. The maximum absolute atomic E-state index is 12.8. The van der Waals surface area contributed by atoms with Crippen LogP contribution in [0.2, 0.25) is 0 Å². The van der Waals surface area contributed by atoms with Gasteiger partial charge in [-0.25, -0.2) is 9.50 Å². The average Bonchev–Trinajstić information content (AvgIpc) is 3.34. The van der Waals surface area contributed by atoms with Gasteiger partial charge in [-0.2, -0.15) is 5.10 Å². The quantitative estimate of drug-likeness (QED) is 0.712. The van der Waals surface area contributed by atoms with Crippen molar-refractivity contribution in [2.75, 3.05) is 26.3 Å². The third-order valence-corrected chi connectivity index (χ3v) is 6.45. The number of ether oxygens (including phenoxy) is 1. The number of imidazole rings is 1. The highest BCUT2D eigenvalue weighted by molar-refractivity contribution is 5.42. The molecule has 2 unspecified atom stereocenters. The lowest BCUT2D eigenvalue weighted by molar-refractivity contribution is 0.0832. The topological polar surface area (TPSA) is 88.4 Å². The van der Waals surface area contributed by atoms with E-state index in [9.17, 15) is 4.79 Å². The van der Waals surface area contributed by atoms with E-state index >= 15 is 0 Å². The van der Waals surface area contributed by atoms with Gasteiger partial charge in [0.05, 0.1) is 6.20 Å². The highest BCUT2D eigenvalue weighted by atomic mass is 16.5. The lowest BCUT2D eigenvalue weighted by Crippen LogP contribution is -2.24. The Bertz CT molecular complexity index is 1080. The smallest absolute Gasteiger partial charge is 0.276 e. The van der Waals surface area contributed by atoms with Crippen LogP contribution in [0.25, 0.3) is 5.52 Å². The van der Waals surface area contributed by atoms with E-state index in [4.69, 9.17) is 9.84 Å². The molecule has 0 bridgehead atoms. The summed E-state index contributed by atoms with van der Waals surface area (Å²) in [6.45, 7) is 8.40. The summed E-state index contributed by atoms with van der Waals surface area (Å²) >= 11 is 0. The van der Waals surface area contributed by atoms with Gasteiger partial charge in [0.25, 0.3) is 5.56 Å². The Labute approximate surface area is 175 Å². The first-order valence-electron chi connectivity index (χ1n) is 10.8. The molecule has 0 amide bonds. The Morgan fingerprint density at radius 3 is 2.77 bits per heavy atom. The van der Waals surface area contributed by atoms with E-state index in [1.807, 2.05) is 13.1 Å². The van der Waals surface area contributed by atoms with Crippen molar-refractivity contribution in [1.29, 1.82) is 0 Å². The number of aryl methyl sites for hydroxylation is 1. The number of nitrogens with zero attached hydrogens (tertiary/aromatic N) is 5. The summed E-state index contributed by atoms with van der Waals surface area (Å²) in [5.74, 6) is 2.52. The number of fused-ring (bicyclic) bond motifs is 1. The van der Waals surface area contributed by atoms with Gasteiger partial charge in [-0.1, -0.05) is 13.0 Å². The number of nitrogens with one attached hydrogen (secondary N) is 1. The van der Waals surface area contributed by atoms with Crippen molar-refractivity contribution in [3.63, 3.8) is 0 Å². The standard InChI is InChI=1S/C22H28N6O2/c1-14-11-27(12-16-4-3-15(2)23-9-16)13-18(14)20-25-22(29)19-10-24-21(28(19)26-20)17-5-7-30-8-6-17/h3-4,9-10,14,17-18H,5-8,11-13H2,1-2H3,(H,25,26,29). The van der Waals surface area contributed by atoms with Gasteiger partial charge >= 0.3 is 0 Å². The number of likely N-dealkylation sites (tertiary alicyclic amines) is 1. The zero-order valence-electron chi connectivity index (χ0n) is 17.5. The summed E-state index contributed by atoms with van der Waals surface area (Å²) in [5, 5.41) is 4.88. The maximum Gasteiger partial charge on any atom is 0.276 e. The molecular weight excluding hydrogens is 380 g/mol. The monoisotopic (exact) mass is 408 g/mol. The normalized spacial score (nSPS) is 23.4. The zero-order valence-corrected chi connectivity index (χ0v) is 17.5. The molecule has 8 nitrogen and oxygen atoms in total. The van der Waals surface area contributed by atoms with Crippen molar-refractivity contribution in [2.45, 2.75) is 45.1 Å². The van der Waals surface area contributed by atoms with Crippen LogP contribution < -0.4 is 5.56 Å². The number of hydrogen-bond donors (Lipinski definition) is 1. The van der Waals surface area contributed by atoms with E-state index in [1.165, 1.54) is 5.56 Å². The van der Waals surface area contributed by atoms with Crippen LogP contribution in [0.3, 0.4) is 0 Å². The predicted molar refractivity (Wildman–Crippen MR) is 113 cm³/mol. The van der Waals surface area contributed by atoms with Gasteiger partial charge in [0.1, 0.15) is 11.6 Å². The summed E-state index contributed by atoms with van der Waals surface area (Å²) in [4.78, 5) is 27.2. The lowest BCUT2D eigenvalue weighted by atomic mass is 9.97. The van der Waals surface area contributed by atoms with Crippen LogP contribution in [0.4, 0.5) is 0 Å². The highest BCUT2D eigenvalue weighted by Gasteiger charge is 2.33. The molecule has 158 valence electrons. The fourth-order valence-corrected chi connectivity index (χ4v) is 4.74. The molecule has 30 heavy (non-hydrogen) atoms. The number of H-pyrrole nitrogens is 1. The van der Waals surface area contributed by atoms with Crippen LogP contribution >= 0.6 is 0 Å². The van der Waals surface area contributed by atoms with Crippen molar-refractivity contribution in [3.05, 3.63) is 57.8 Å². The first-order valence-corrected chi connectivity index (χ1v) is 10.8. The fraction of sp³-hybridized carbons (Fsp3) is 0.545. The van der Waals surface area contributed by atoms with Crippen LogP contribution in [0.15, 0.2) is 29.3 Å². The minimum Gasteiger partial charge on any atom is -0.381 e. The van der Waals surface area contributed by atoms with Gasteiger partial charge in [0.15, 0.2) is 5.52 Å². The van der Waals surface area contributed by atoms with Crippen LogP contribution in [0.1, 0.15) is 54.5 Å². The van der Waals surface area contributed by atoms with Crippen LogP contribution in [0, 0.1) is 12.8 Å². The lowest BCUT2D eigenvalue weighted by Gasteiger charge is -2.21. The van der Waals surface area contributed by atoms with Crippen LogP contribution in [-0.4, -0.2) is 55.8 Å². The molecule has 5 heterocycles. The van der Waals surface area contributed by atoms with Gasteiger partial charge in [-0.3, -0.25) is 14.7 Å². The molecule has 0 saturated carbocycles. The number of aromatic nitrogens is 5. The number of pyridine rings is 1. The molecule has 1 N–H and O–H groups in total. The van der Waals surface area contributed by atoms with Gasteiger partial charge in [0.2, 0.25) is 0 Å². The Balaban J connectivity index is 1.41. The molecular formula is C22H28N6O2. The SMILES string of the molecule is Cc1ccc(CN2CC(C)C(c3nn4c(C5CCOCC5)ncc4c(=O)[nH]3)C2)cn1. The molecule has 3 aromatic rings. The summed E-state index contributed by atoms with van der Waals surface area (Å²) in [6.07, 6.45) is 5.43. The van der Waals surface area contributed by atoms with Gasteiger partial charge < -0.3 is 9.72 Å². The largest absolute Gasteiger partial charge is 0.381 e. The third-order valence-electron chi connectivity index (χ3n) is 6.45. The van der Waals surface area contributed by atoms with Gasteiger partial charge in [-0.15, -0.1) is 0 Å². The third kappa shape index (κ3) is 3.65. The molecule has 0 spiro atoms. The summed E-state index contributed by atoms with van der Waals surface area (Å²) < 4.78 is 7.27. The second-order valence-electron chi connectivity index (χ2n) is 8.73. The van der Waals surface area contributed by atoms with Crippen molar-refractivity contribution in [3.8, 4) is 0 Å². The van der Waals surface area contributed by atoms with Crippen LogP contribution in [0.5, 0.6) is 0 Å². The summed E-state index contributed by atoms with van der Waals surface area (Å²) in [7, 11) is 0. The highest BCUT2D eigenvalue weighted by Crippen LogP contribution is 2.31. The molecule has 5 rings (SSSR count). The molecule has 2 atom stereocenters. The molecule has 3 aromatic heterocycles. The molecule has 2 aliphatic heterocycles. The molecule has 2 aliphatic rings. The van der Waals surface area contributed by atoms with Crippen molar-refractivity contribution in [1.82, 2.24) is 29.5 Å². The van der Waals surface area contributed by atoms with E-state index in [0.717, 1.165) is 63.0 Å². The summed E-state index contributed by atoms with van der Waals surface area (Å²) in [5.41, 5.74) is 2.65. The Hall–Kier alpha value is -2.58. The number of aromatic amines is 1. The van der Waals surface area contributed by atoms with Gasteiger partial charge in [-0.05, 0) is 37.3 Å². The van der Waals surface area contributed by atoms with Crippen molar-refractivity contribution >= 4 is 5.52 Å². The first kappa shape index (κ1) is 19.4. The van der Waals surface area contributed by atoms with Crippen LogP contribution in [-0.2, 0) is 11.3 Å². The van der Waals surface area contributed by atoms with Gasteiger partial charge in [0, 0.05) is 56.6 Å². The molecule has 2 fully saturated rings. The maximum atomic E-state index is 12.8. The minimum atomic E-state index is -0.112. The molecule has 0 aromatic carbocycles. The van der Waals surface area contributed by atoms with E-state index in [0.29, 0.717) is 11.4 Å². The van der Waals surface area contributed by atoms with E-state index < -0.39 is 0 Å². The Morgan fingerprint density at radius 2 is 2.00 bits per heavy atom. The Morgan fingerprint density at radius 1 is 1.17 bits per heavy atom. The molecule has 8 heteroatoms. The molecule has 2 saturated heterocycles. The molecule has 0 aliphatic carbocycles. The zero-order chi connectivity index (χ0) is 20.7.